The van der Waals surface area contributed by atoms with E-state index in [0.29, 0.717) is 35.2 Å². The molecule has 3 saturated carbocycles. The molecule has 0 aromatic heterocycles. The van der Waals surface area contributed by atoms with E-state index < -0.39 is 0 Å². The van der Waals surface area contributed by atoms with Crippen molar-refractivity contribution in [1.82, 2.24) is 0 Å². The van der Waals surface area contributed by atoms with Crippen LogP contribution in [-0.2, 0) is 9.59 Å². The quantitative estimate of drug-likeness (QED) is 0.676. The first-order chi connectivity index (χ1) is 9.98. The largest absolute Gasteiger partial charge is 0.299 e. The number of fused-ring (bicyclic) bond motifs is 5. The third kappa shape index (κ3) is 1.59. The average molecular weight is 286 g/mol. The number of hydrogen-bond donors (Lipinski definition) is 0. The lowest BCUT2D eigenvalue weighted by Gasteiger charge is -2.57. The lowest BCUT2D eigenvalue weighted by molar-refractivity contribution is -0.148. The molecule has 4 aliphatic rings. The van der Waals surface area contributed by atoms with Crippen molar-refractivity contribution < 1.29 is 9.59 Å². The lowest BCUT2D eigenvalue weighted by Crippen LogP contribution is -2.55. The van der Waals surface area contributed by atoms with Crippen LogP contribution in [0.3, 0.4) is 0 Å². The summed E-state index contributed by atoms with van der Waals surface area (Å²) in [5.41, 5.74) is -0.220. The van der Waals surface area contributed by atoms with E-state index in [0.717, 1.165) is 32.1 Å². The second-order valence-corrected chi connectivity index (χ2v) is 8.35. The molecule has 21 heavy (non-hydrogen) atoms. The molecule has 0 N–H and O–H groups in total. The van der Waals surface area contributed by atoms with Crippen molar-refractivity contribution in [2.24, 2.45) is 34.5 Å². The first kappa shape index (κ1) is 13.7. The summed E-state index contributed by atoms with van der Waals surface area (Å²) in [6.45, 7) is 4.44. The van der Waals surface area contributed by atoms with Gasteiger partial charge >= 0.3 is 0 Å². The van der Waals surface area contributed by atoms with Gasteiger partial charge in [-0.15, -0.1) is 0 Å². The van der Waals surface area contributed by atoms with Crippen molar-refractivity contribution in [2.45, 2.75) is 58.8 Å². The molecule has 0 saturated heterocycles. The predicted molar refractivity (Wildman–Crippen MR) is 81.6 cm³/mol. The fourth-order valence-electron chi connectivity index (χ4n) is 6.47. The Bertz CT molecular complexity index is 534. The minimum atomic E-state index is -0.148. The Labute approximate surface area is 127 Å². The third-order valence-electron chi connectivity index (χ3n) is 7.83. The monoisotopic (exact) mass is 286 g/mol. The second kappa shape index (κ2) is 4.30. The number of carbonyl (C=O) groups excluding carboxylic acids is 2. The molecular weight excluding hydrogens is 260 g/mol. The smallest absolute Gasteiger partial charge is 0.161 e. The average Bonchev–Trinajstić information content (AvgIpc) is 2.76. The van der Waals surface area contributed by atoms with E-state index in [1.54, 1.807) is 0 Å². The highest BCUT2D eigenvalue weighted by atomic mass is 16.1. The van der Waals surface area contributed by atoms with Crippen LogP contribution in [0.2, 0.25) is 0 Å². The molecule has 114 valence electrons. The van der Waals surface area contributed by atoms with E-state index in [1.165, 1.54) is 12.8 Å². The topological polar surface area (TPSA) is 34.1 Å². The van der Waals surface area contributed by atoms with Gasteiger partial charge in [-0.05, 0) is 68.3 Å². The van der Waals surface area contributed by atoms with E-state index in [9.17, 15) is 9.59 Å². The summed E-state index contributed by atoms with van der Waals surface area (Å²) in [6, 6.07) is 0. The first-order valence-electron chi connectivity index (χ1n) is 8.72. The maximum atomic E-state index is 12.7. The van der Waals surface area contributed by atoms with Crippen LogP contribution in [0.1, 0.15) is 58.8 Å². The summed E-state index contributed by atoms with van der Waals surface area (Å²) in [6.07, 6.45) is 11.3. The standard InChI is InChI=1S/C19H26O2/c1-18-11-10-15-13(14(18)8-9-16(18)20)7-6-12-4-3-5-17(21)19(12,15)2/h3,5,12-15H,4,6-11H2,1-2H3/t12-,13-,14-,15-,18+,19+/m1/s1. The zero-order valence-corrected chi connectivity index (χ0v) is 13.2. The van der Waals surface area contributed by atoms with Crippen molar-refractivity contribution in [2.75, 3.05) is 0 Å². The molecule has 0 spiro atoms. The molecule has 0 aromatic rings. The molecule has 0 aliphatic heterocycles. The Kier molecular flexibility index (Phi) is 2.81. The Hall–Kier alpha value is -0.920. The molecule has 0 radical (unpaired) electrons. The van der Waals surface area contributed by atoms with Crippen molar-refractivity contribution >= 4 is 11.6 Å². The molecule has 2 nitrogen and oxygen atoms in total. The molecule has 6 atom stereocenters. The van der Waals surface area contributed by atoms with Crippen LogP contribution in [0.4, 0.5) is 0 Å². The first-order valence-corrected chi connectivity index (χ1v) is 8.72. The van der Waals surface area contributed by atoms with E-state index in [1.807, 2.05) is 6.08 Å². The number of rotatable bonds is 0. The van der Waals surface area contributed by atoms with Gasteiger partial charge in [-0.25, -0.2) is 0 Å². The Morgan fingerprint density at radius 2 is 1.86 bits per heavy atom. The number of hydrogen-bond acceptors (Lipinski definition) is 2. The predicted octanol–water partition coefficient (Wildman–Crippen LogP) is 3.94. The van der Waals surface area contributed by atoms with Gasteiger partial charge in [0.25, 0.3) is 0 Å². The van der Waals surface area contributed by atoms with Gasteiger partial charge < -0.3 is 0 Å². The highest BCUT2D eigenvalue weighted by Crippen LogP contribution is 2.64. The van der Waals surface area contributed by atoms with Crippen LogP contribution in [0.5, 0.6) is 0 Å². The van der Waals surface area contributed by atoms with Crippen molar-refractivity contribution in [3.8, 4) is 0 Å². The molecule has 0 unspecified atom stereocenters. The summed E-state index contributed by atoms with van der Waals surface area (Å²) in [5, 5.41) is 0. The zero-order chi connectivity index (χ0) is 14.8. The maximum absolute atomic E-state index is 12.7. The van der Waals surface area contributed by atoms with Gasteiger partial charge in [0.1, 0.15) is 5.78 Å². The van der Waals surface area contributed by atoms with Crippen molar-refractivity contribution in [3.63, 3.8) is 0 Å². The van der Waals surface area contributed by atoms with Gasteiger partial charge in [0.2, 0.25) is 0 Å². The van der Waals surface area contributed by atoms with E-state index >= 15 is 0 Å². The number of allylic oxidation sites excluding steroid dienone is 2. The third-order valence-corrected chi connectivity index (χ3v) is 7.83. The molecule has 4 rings (SSSR count). The second-order valence-electron chi connectivity index (χ2n) is 8.35. The van der Waals surface area contributed by atoms with Gasteiger partial charge in [0.15, 0.2) is 5.78 Å². The Morgan fingerprint density at radius 3 is 2.67 bits per heavy atom. The molecule has 0 bridgehead atoms. The molecule has 0 aromatic carbocycles. The fraction of sp³-hybridized carbons (Fsp3) is 0.789. The minimum Gasteiger partial charge on any atom is -0.299 e. The summed E-state index contributed by atoms with van der Waals surface area (Å²) >= 11 is 0. The van der Waals surface area contributed by atoms with Gasteiger partial charge in [0.05, 0.1) is 0 Å². The summed E-state index contributed by atoms with van der Waals surface area (Å²) in [5.74, 6) is 3.05. The zero-order valence-electron chi connectivity index (χ0n) is 13.2. The van der Waals surface area contributed by atoms with Crippen molar-refractivity contribution in [3.05, 3.63) is 12.2 Å². The normalized spacial score (nSPS) is 52.3. The number of carbonyl (C=O) groups is 2. The molecular formula is C19H26O2. The highest BCUT2D eigenvalue weighted by molar-refractivity contribution is 5.96. The van der Waals surface area contributed by atoms with Crippen LogP contribution in [0.25, 0.3) is 0 Å². The molecule has 0 amide bonds. The SMILES string of the molecule is C[C@]12C(=O)C=CC[C@@H]1CC[C@H]1[C@H]2CC[C@]2(C)C(=O)CC[C@H]12. The molecule has 0 heterocycles. The van der Waals surface area contributed by atoms with E-state index in [2.05, 4.69) is 19.9 Å². The van der Waals surface area contributed by atoms with Crippen LogP contribution in [0.15, 0.2) is 12.2 Å². The Balaban J connectivity index is 1.72. The summed E-state index contributed by atoms with van der Waals surface area (Å²) in [4.78, 5) is 25.0. The van der Waals surface area contributed by atoms with Crippen LogP contribution >= 0.6 is 0 Å². The summed E-state index contributed by atoms with van der Waals surface area (Å²) in [7, 11) is 0. The van der Waals surface area contributed by atoms with Gasteiger partial charge in [0, 0.05) is 17.3 Å². The number of Topliss-reactive ketones (excluding diaryl/α,β-unsaturated/α-hetero) is 1. The maximum Gasteiger partial charge on any atom is 0.161 e. The molecule has 2 heteroatoms. The van der Waals surface area contributed by atoms with Gasteiger partial charge in [-0.1, -0.05) is 19.9 Å². The fourth-order valence-corrected chi connectivity index (χ4v) is 6.47. The van der Waals surface area contributed by atoms with Crippen LogP contribution < -0.4 is 0 Å². The number of ketones is 2. The molecule has 3 fully saturated rings. The van der Waals surface area contributed by atoms with E-state index in [-0.39, 0.29) is 10.8 Å². The molecule has 4 aliphatic carbocycles. The van der Waals surface area contributed by atoms with Gasteiger partial charge in [-0.2, -0.15) is 0 Å². The van der Waals surface area contributed by atoms with Crippen molar-refractivity contribution in [1.29, 1.82) is 0 Å². The van der Waals surface area contributed by atoms with Crippen LogP contribution in [-0.4, -0.2) is 11.6 Å². The summed E-state index contributed by atoms with van der Waals surface area (Å²) < 4.78 is 0. The Morgan fingerprint density at radius 1 is 1.05 bits per heavy atom. The van der Waals surface area contributed by atoms with Gasteiger partial charge in [-0.3, -0.25) is 9.59 Å². The van der Waals surface area contributed by atoms with E-state index in [4.69, 9.17) is 0 Å². The minimum absolute atomic E-state index is 0.0715. The van der Waals surface area contributed by atoms with Crippen LogP contribution in [0, 0.1) is 34.5 Å². The highest BCUT2D eigenvalue weighted by Gasteiger charge is 2.61. The lowest BCUT2D eigenvalue weighted by atomic mass is 9.46.